The van der Waals surface area contributed by atoms with Gasteiger partial charge >= 0.3 is 0 Å². The first-order chi connectivity index (χ1) is 54.7. The zero-order chi connectivity index (χ0) is 72.8. The van der Waals surface area contributed by atoms with Gasteiger partial charge in [-0.15, -0.1) is 22.7 Å². The van der Waals surface area contributed by atoms with E-state index in [1.165, 1.54) is 161 Å². The molecular formula is C98H73BrN8O2S2. The van der Waals surface area contributed by atoms with E-state index in [0.717, 1.165) is 147 Å². The number of benzene rings is 12. The van der Waals surface area contributed by atoms with Crippen LogP contribution in [0.5, 0.6) is 0 Å². The zero-order valence-corrected chi connectivity index (χ0v) is 64.1. The van der Waals surface area contributed by atoms with E-state index < -0.39 is 0 Å². The van der Waals surface area contributed by atoms with Gasteiger partial charge in [0.2, 0.25) is 0 Å². The Bertz CT molecular complexity index is 6860. The van der Waals surface area contributed by atoms with E-state index in [4.69, 9.17) is 38.7 Å². The number of hydrogen-bond donors (Lipinski definition) is 1. The molecule has 8 aromatic heterocycles. The average molecular weight is 1540 g/mol. The number of para-hydroxylation sites is 4. The second kappa shape index (κ2) is 24.9. The predicted molar refractivity (Wildman–Crippen MR) is 459 cm³/mol. The molecule has 8 saturated carbocycles. The van der Waals surface area contributed by atoms with Crippen molar-refractivity contribution in [3.8, 4) is 51.2 Å². The summed E-state index contributed by atoms with van der Waals surface area (Å²) >= 11 is 7.26. The fourth-order valence-corrected chi connectivity index (χ4v) is 25.2. The summed E-state index contributed by atoms with van der Waals surface area (Å²) in [5.74, 6) is 10.3. The maximum absolute atomic E-state index is 6.82. The van der Waals surface area contributed by atoms with Crippen LogP contribution in [-0.2, 0) is 10.8 Å². The number of rotatable bonds is 7. The van der Waals surface area contributed by atoms with Crippen LogP contribution in [0.4, 0.5) is 0 Å². The topological polar surface area (TPSA) is 124 Å². The Morgan fingerprint density at radius 2 is 0.730 bits per heavy atom. The predicted octanol–water partition coefficient (Wildman–Crippen LogP) is 27.1. The fraction of sp³-hybridized carbons (Fsp3) is 0.204. The van der Waals surface area contributed by atoms with Gasteiger partial charge in [0.1, 0.15) is 34.0 Å². The molecule has 111 heavy (non-hydrogen) atoms. The first-order valence-corrected chi connectivity index (χ1v) is 42.0. The van der Waals surface area contributed by atoms with Crippen LogP contribution in [0.25, 0.3) is 179 Å². The van der Waals surface area contributed by atoms with Crippen molar-refractivity contribution in [2.75, 3.05) is 0 Å². The van der Waals surface area contributed by atoms with Gasteiger partial charge < -0.3 is 18.4 Å². The normalized spacial score (nSPS) is 21.7. The molecule has 0 amide bonds. The Morgan fingerprint density at radius 1 is 0.342 bits per heavy atom. The number of nitrogens with zero attached hydrogens (tertiary/aromatic N) is 7. The molecule has 0 radical (unpaired) electrons. The Morgan fingerprint density at radius 3 is 1.23 bits per heavy atom. The van der Waals surface area contributed by atoms with Gasteiger partial charge in [-0.25, -0.2) is 29.9 Å². The van der Waals surface area contributed by atoms with Crippen LogP contribution in [0.2, 0.25) is 0 Å². The van der Waals surface area contributed by atoms with Gasteiger partial charge in [-0.3, -0.25) is 0 Å². The lowest BCUT2D eigenvalue weighted by Crippen LogP contribution is -2.49. The van der Waals surface area contributed by atoms with Gasteiger partial charge in [0, 0.05) is 121 Å². The van der Waals surface area contributed by atoms with Crippen molar-refractivity contribution in [3.05, 3.63) is 271 Å². The molecule has 1 N–H and O–H groups in total. The van der Waals surface area contributed by atoms with E-state index in [2.05, 4.69) is 268 Å². The largest absolute Gasteiger partial charge is 0.455 e. The Labute approximate surface area is 655 Å². The summed E-state index contributed by atoms with van der Waals surface area (Å²) in [4.78, 5) is 34.7. The minimum atomic E-state index is 0.0650. The van der Waals surface area contributed by atoms with Gasteiger partial charge in [-0.05, 0) is 185 Å². The molecule has 0 saturated heterocycles. The second-order valence-corrected chi connectivity index (χ2v) is 36.0. The summed E-state index contributed by atoms with van der Waals surface area (Å²) in [6.45, 7) is 0. The number of aromatic amines is 1. The third-order valence-corrected chi connectivity index (χ3v) is 29.1. The lowest BCUT2D eigenvalue weighted by molar-refractivity contribution is -0.00948. The van der Waals surface area contributed by atoms with E-state index in [9.17, 15) is 0 Å². The monoisotopic (exact) mass is 1540 g/mol. The maximum Gasteiger partial charge on any atom is 0.163 e. The molecule has 0 atom stereocenters. The van der Waals surface area contributed by atoms with Crippen molar-refractivity contribution < 1.29 is 8.83 Å². The lowest BCUT2D eigenvalue weighted by atomic mass is 9.49. The Balaban J connectivity index is 0.000000107. The Hall–Kier alpha value is -11.2. The van der Waals surface area contributed by atoms with Crippen molar-refractivity contribution in [1.82, 2.24) is 39.5 Å². The van der Waals surface area contributed by atoms with Crippen molar-refractivity contribution >= 4 is 166 Å². The molecule has 8 aliphatic rings. The summed E-state index contributed by atoms with van der Waals surface area (Å²) in [5, 5.41) is 14.7. The third kappa shape index (κ3) is 10.2. The molecule has 0 spiro atoms. The number of thiophene rings is 2. The number of nitrogens with one attached hydrogen (secondary N) is 1. The minimum absolute atomic E-state index is 0.0650. The second-order valence-electron chi connectivity index (χ2n) is 33.0. The van der Waals surface area contributed by atoms with Crippen molar-refractivity contribution in [2.45, 2.75) is 87.9 Å². The highest BCUT2D eigenvalue weighted by Crippen LogP contribution is 2.62. The van der Waals surface area contributed by atoms with Crippen LogP contribution >= 0.6 is 38.6 Å². The summed E-state index contributed by atoms with van der Waals surface area (Å²) in [7, 11) is 0. The number of H-pyrrole nitrogens is 1. The summed E-state index contributed by atoms with van der Waals surface area (Å²) in [6, 6.07) is 89.7. The van der Waals surface area contributed by atoms with E-state index >= 15 is 0 Å². The van der Waals surface area contributed by atoms with Crippen LogP contribution < -0.4 is 0 Å². The molecule has 8 bridgehead atoms. The molecule has 8 aliphatic carbocycles. The van der Waals surface area contributed by atoms with E-state index in [0.29, 0.717) is 0 Å². The fourth-order valence-electron chi connectivity index (χ4n) is 22.4. The van der Waals surface area contributed by atoms with Gasteiger partial charge in [0.05, 0.1) is 27.3 Å². The molecule has 10 nitrogen and oxygen atoms in total. The van der Waals surface area contributed by atoms with Crippen LogP contribution in [0.3, 0.4) is 0 Å². The SMILES string of the molecule is Brc1ccc(-c2nc(-c3ccccc3)nc(C34CC5CC(CC(C5)C3)C4)n2)cc1.c1ccc(-c2nc(-c3ccc(-n4c5ccccc5c5c6oc7ccccc7c6c6sc7ccccc7c6c54)cc3)nc(C34CC5CC(CC(C5)C3)C4)n2)cc1.c1ccc2c(c1)[nH]c1c2c2oc3ccccc3c2c2sc3ccccc3c12. The van der Waals surface area contributed by atoms with E-state index in [-0.39, 0.29) is 10.8 Å². The standard InChI is InChI=1S/C49H36N4OS.C25H24BrN3.C24H13NOS/c1-2-10-31(11-3-1)46-50-47(52-48(51-46)49-25-28-22-29(26-49)24-30(23-28)27-49)32-18-20-33(21-19-32)53-37-15-7-4-12-34(37)40-43(53)41-36-14-6-9-17-39(36)55-45(41)42-35-13-5-8-16-38(35)54-44(40)42;26-21-8-6-20(7-9-21)23-27-22(19-4-2-1-3-5-19)28-24(29-23)25-13-16-10-17(14-25)12-18(11-16)15-25;1-4-10-16-13(7-1)19-22(25-16)20-15-9-3-6-12-18(15)27-24(20)21-14-8-2-5-11-17(14)26-23(19)21/h1-21,28-30H,22-27H2;1-9,16-18H,10-15H2;1-12,25H. The third-order valence-electron chi connectivity index (χ3n) is 26.2. The van der Waals surface area contributed by atoms with Crippen molar-refractivity contribution in [3.63, 3.8) is 0 Å². The van der Waals surface area contributed by atoms with Crippen LogP contribution in [-0.4, -0.2) is 39.5 Å². The lowest BCUT2D eigenvalue weighted by Gasteiger charge is -2.56. The van der Waals surface area contributed by atoms with Gasteiger partial charge in [0.15, 0.2) is 23.3 Å². The maximum atomic E-state index is 6.82. The van der Waals surface area contributed by atoms with Gasteiger partial charge in [0.25, 0.3) is 0 Å². The highest BCUT2D eigenvalue weighted by atomic mass is 79.9. The number of fused-ring (bicyclic) bond motifs is 24. The van der Waals surface area contributed by atoms with Crippen molar-refractivity contribution in [2.24, 2.45) is 35.5 Å². The quantitative estimate of drug-likeness (QED) is 0.167. The number of aromatic nitrogens is 8. The number of halogens is 1. The first kappa shape index (κ1) is 64.6. The molecule has 20 aromatic rings. The van der Waals surface area contributed by atoms with Crippen molar-refractivity contribution in [1.29, 1.82) is 0 Å². The van der Waals surface area contributed by atoms with Crippen LogP contribution in [0.15, 0.2) is 268 Å². The number of furan rings is 2. The zero-order valence-electron chi connectivity index (χ0n) is 60.8. The minimum Gasteiger partial charge on any atom is -0.455 e. The summed E-state index contributed by atoms with van der Waals surface area (Å²) in [5.41, 5.74) is 14.0. The molecular weight excluding hydrogens is 1470 g/mol. The highest BCUT2D eigenvalue weighted by Gasteiger charge is 2.55. The molecule has 8 heterocycles. The first-order valence-electron chi connectivity index (χ1n) is 39.6. The number of hydrogen-bond acceptors (Lipinski definition) is 10. The molecule has 536 valence electrons. The molecule has 0 aliphatic heterocycles. The van der Waals surface area contributed by atoms with E-state index in [1.807, 2.05) is 34.8 Å². The molecule has 28 rings (SSSR count). The Kier molecular flexibility index (Phi) is 14.5. The molecule has 8 fully saturated rings. The molecule has 0 unspecified atom stereocenters. The summed E-state index contributed by atoms with van der Waals surface area (Å²) in [6.07, 6.45) is 15.9. The van der Waals surface area contributed by atoms with Crippen LogP contribution in [0.1, 0.15) is 88.7 Å². The van der Waals surface area contributed by atoms with Crippen LogP contribution in [0, 0.1) is 35.5 Å². The smallest absolute Gasteiger partial charge is 0.163 e. The average Bonchev–Trinajstić information content (AvgIpc) is 1.55. The van der Waals surface area contributed by atoms with Gasteiger partial charge in [-0.2, -0.15) is 0 Å². The van der Waals surface area contributed by atoms with Gasteiger partial charge in [-0.1, -0.05) is 198 Å². The highest BCUT2D eigenvalue weighted by molar-refractivity contribution is 9.10. The molecule has 13 heteroatoms. The van der Waals surface area contributed by atoms with E-state index in [1.54, 1.807) is 0 Å². The summed E-state index contributed by atoms with van der Waals surface area (Å²) < 4.78 is 21.9. The molecule has 12 aromatic carbocycles.